The van der Waals surface area contributed by atoms with Gasteiger partial charge in [-0.05, 0) is 41.8 Å². The van der Waals surface area contributed by atoms with Crippen LogP contribution in [0.25, 0.3) is 12.2 Å². The third-order valence-electron chi connectivity index (χ3n) is 2.98. The van der Waals surface area contributed by atoms with Gasteiger partial charge in [0.1, 0.15) is 5.75 Å². The van der Waals surface area contributed by atoms with E-state index >= 15 is 0 Å². The van der Waals surface area contributed by atoms with E-state index in [4.69, 9.17) is 9.84 Å². The van der Waals surface area contributed by atoms with Gasteiger partial charge in [-0.1, -0.05) is 43.3 Å². The van der Waals surface area contributed by atoms with Crippen LogP contribution in [0.5, 0.6) is 5.75 Å². The van der Waals surface area contributed by atoms with Crippen LogP contribution in [0, 0.1) is 0 Å². The molecular formula is C18H18O3. The number of carboxylic acids is 1. The second-order valence-electron chi connectivity index (χ2n) is 4.68. The molecule has 0 bridgehead atoms. The molecule has 0 amide bonds. The van der Waals surface area contributed by atoms with Crippen molar-refractivity contribution < 1.29 is 14.6 Å². The molecule has 0 saturated carbocycles. The van der Waals surface area contributed by atoms with E-state index in [-0.39, 0.29) is 0 Å². The van der Waals surface area contributed by atoms with Crippen LogP contribution in [0.15, 0.2) is 48.5 Å². The average Bonchev–Trinajstić information content (AvgIpc) is 2.52. The minimum Gasteiger partial charge on any atom is -0.494 e. The van der Waals surface area contributed by atoms with Gasteiger partial charge in [-0.2, -0.15) is 0 Å². The van der Waals surface area contributed by atoms with Gasteiger partial charge in [0.2, 0.25) is 0 Å². The van der Waals surface area contributed by atoms with Gasteiger partial charge in [0.15, 0.2) is 0 Å². The quantitative estimate of drug-likeness (QED) is 0.801. The van der Waals surface area contributed by atoms with E-state index in [9.17, 15) is 4.79 Å². The number of hydrogen-bond donors (Lipinski definition) is 1. The molecule has 21 heavy (non-hydrogen) atoms. The maximum Gasteiger partial charge on any atom is 0.335 e. The number of hydrogen-bond acceptors (Lipinski definition) is 2. The van der Waals surface area contributed by atoms with E-state index in [1.165, 1.54) is 0 Å². The zero-order valence-electron chi connectivity index (χ0n) is 12.0. The Morgan fingerprint density at radius 3 is 2.00 bits per heavy atom. The summed E-state index contributed by atoms with van der Waals surface area (Å²) in [6.45, 7) is 2.80. The van der Waals surface area contributed by atoms with Gasteiger partial charge in [-0.3, -0.25) is 0 Å². The zero-order chi connectivity index (χ0) is 15.1. The van der Waals surface area contributed by atoms with E-state index < -0.39 is 5.97 Å². The summed E-state index contributed by atoms with van der Waals surface area (Å²) in [5.41, 5.74) is 2.33. The van der Waals surface area contributed by atoms with Crippen molar-refractivity contribution in [2.24, 2.45) is 0 Å². The van der Waals surface area contributed by atoms with Crippen molar-refractivity contribution in [2.45, 2.75) is 13.3 Å². The van der Waals surface area contributed by atoms with Crippen LogP contribution in [0.2, 0.25) is 0 Å². The normalized spacial score (nSPS) is 10.7. The third kappa shape index (κ3) is 4.49. The standard InChI is InChI=1S/C18H18O3/c1-2-13-21-17-11-7-15(8-12-17)4-3-14-5-9-16(10-6-14)18(19)20/h3-12H,2,13H2,1H3,(H,19,20)/b4-3+. The molecule has 0 heterocycles. The molecule has 0 aliphatic carbocycles. The summed E-state index contributed by atoms with van der Waals surface area (Å²) in [4.78, 5) is 10.8. The highest BCUT2D eigenvalue weighted by molar-refractivity contribution is 5.88. The van der Waals surface area contributed by atoms with E-state index in [0.29, 0.717) is 5.56 Å². The fraction of sp³-hybridized carbons (Fsp3) is 0.167. The van der Waals surface area contributed by atoms with Crippen molar-refractivity contribution in [3.8, 4) is 5.75 Å². The van der Waals surface area contributed by atoms with Crippen molar-refractivity contribution in [1.29, 1.82) is 0 Å². The molecule has 0 fully saturated rings. The van der Waals surface area contributed by atoms with Crippen LogP contribution < -0.4 is 4.74 Å². The molecule has 3 nitrogen and oxygen atoms in total. The summed E-state index contributed by atoms with van der Waals surface area (Å²) >= 11 is 0. The first kappa shape index (κ1) is 14.9. The lowest BCUT2D eigenvalue weighted by molar-refractivity contribution is 0.0697. The SMILES string of the molecule is CCCOc1ccc(/C=C/c2ccc(C(=O)O)cc2)cc1. The first-order chi connectivity index (χ1) is 10.2. The van der Waals surface area contributed by atoms with Gasteiger partial charge >= 0.3 is 5.97 Å². The Morgan fingerprint density at radius 2 is 1.52 bits per heavy atom. The second kappa shape index (κ2) is 7.29. The predicted octanol–water partition coefficient (Wildman–Crippen LogP) is 4.34. The summed E-state index contributed by atoms with van der Waals surface area (Å²) in [5.74, 6) is -0.0343. The molecule has 0 radical (unpaired) electrons. The maximum absolute atomic E-state index is 10.8. The van der Waals surface area contributed by atoms with Crippen molar-refractivity contribution in [3.05, 3.63) is 65.2 Å². The van der Waals surface area contributed by atoms with Crippen molar-refractivity contribution >= 4 is 18.1 Å². The Balaban J connectivity index is 2.01. The Morgan fingerprint density at radius 1 is 1.00 bits per heavy atom. The lowest BCUT2D eigenvalue weighted by atomic mass is 10.1. The molecule has 2 aromatic carbocycles. The number of benzene rings is 2. The largest absolute Gasteiger partial charge is 0.494 e. The van der Waals surface area contributed by atoms with Crippen molar-refractivity contribution in [1.82, 2.24) is 0 Å². The fourth-order valence-electron chi connectivity index (χ4n) is 1.82. The molecule has 0 aliphatic heterocycles. The number of ether oxygens (including phenoxy) is 1. The highest BCUT2D eigenvalue weighted by Crippen LogP contribution is 2.15. The Labute approximate surface area is 124 Å². The summed E-state index contributed by atoms with van der Waals surface area (Å²) in [6.07, 6.45) is 4.93. The minimum atomic E-state index is -0.909. The van der Waals surface area contributed by atoms with Crippen LogP contribution >= 0.6 is 0 Å². The van der Waals surface area contributed by atoms with Gasteiger partial charge in [-0.25, -0.2) is 4.79 Å². The van der Waals surface area contributed by atoms with Crippen LogP contribution in [-0.4, -0.2) is 17.7 Å². The smallest absolute Gasteiger partial charge is 0.335 e. The molecule has 1 N–H and O–H groups in total. The van der Waals surface area contributed by atoms with Crippen LogP contribution in [0.1, 0.15) is 34.8 Å². The Bertz CT molecular complexity index is 610. The van der Waals surface area contributed by atoms with Crippen LogP contribution in [0.3, 0.4) is 0 Å². The topological polar surface area (TPSA) is 46.5 Å². The lowest BCUT2D eigenvalue weighted by Gasteiger charge is -2.04. The maximum atomic E-state index is 10.8. The number of carbonyl (C=O) groups is 1. The van der Waals surface area contributed by atoms with Gasteiger partial charge in [0.25, 0.3) is 0 Å². The molecule has 0 unspecified atom stereocenters. The van der Waals surface area contributed by atoms with Gasteiger partial charge in [0.05, 0.1) is 12.2 Å². The summed E-state index contributed by atoms with van der Waals surface area (Å²) in [7, 11) is 0. The second-order valence-corrected chi connectivity index (χ2v) is 4.68. The van der Waals surface area contributed by atoms with Crippen LogP contribution in [-0.2, 0) is 0 Å². The van der Waals surface area contributed by atoms with Crippen LogP contribution in [0.4, 0.5) is 0 Å². The summed E-state index contributed by atoms with van der Waals surface area (Å²) in [5, 5.41) is 8.84. The minimum absolute atomic E-state index is 0.296. The zero-order valence-corrected chi connectivity index (χ0v) is 12.0. The third-order valence-corrected chi connectivity index (χ3v) is 2.98. The van der Waals surface area contributed by atoms with E-state index in [1.807, 2.05) is 36.4 Å². The average molecular weight is 282 g/mol. The van der Waals surface area contributed by atoms with E-state index in [0.717, 1.165) is 29.9 Å². The molecule has 0 spiro atoms. The predicted molar refractivity (Wildman–Crippen MR) is 84.6 cm³/mol. The molecule has 2 rings (SSSR count). The first-order valence-corrected chi connectivity index (χ1v) is 6.93. The van der Waals surface area contributed by atoms with Crippen molar-refractivity contribution in [3.63, 3.8) is 0 Å². The Kier molecular flexibility index (Phi) is 5.16. The number of rotatable bonds is 6. The number of carboxylic acid groups (broad SMARTS) is 1. The van der Waals surface area contributed by atoms with E-state index in [1.54, 1.807) is 24.3 Å². The van der Waals surface area contributed by atoms with Gasteiger partial charge in [-0.15, -0.1) is 0 Å². The van der Waals surface area contributed by atoms with E-state index in [2.05, 4.69) is 6.92 Å². The molecule has 0 atom stereocenters. The molecule has 0 saturated heterocycles. The number of aromatic carboxylic acids is 1. The summed E-state index contributed by atoms with van der Waals surface area (Å²) < 4.78 is 5.53. The molecule has 0 aromatic heterocycles. The molecular weight excluding hydrogens is 264 g/mol. The highest BCUT2D eigenvalue weighted by Gasteiger charge is 2.00. The Hall–Kier alpha value is -2.55. The lowest BCUT2D eigenvalue weighted by Crippen LogP contribution is -1.94. The molecule has 0 aliphatic rings. The monoisotopic (exact) mass is 282 g/mol. The molecule has 3 heteroatoms. The molecule has 108 valence electrons. The van der Waals surface area contributed by atoms with Gasteiger partial charge in [0, 0.05) is 0 Å². The fourth-order valence-corrected chi connectivity index (χ4v) is 1.82. The summed E-state index contributed by atoms with van der Waals surface area (Å²) in [6, 6.07) is 14.7. The van der Waals surface area contributed by atoms with Gasteiger partial charge < -0.3 is 9.84 Å². The highest BCUT2D eigenvalue weighted by atomic mass is 16.5. The first-order valence-electron chi connectivity index (χ1n) is 6.93. The van der Waals surface area contributed by atoms with Crippen molar-refractivity contribution in [2.75, 3.05) is 6.61 Å². The molecule has 2 aromatic rings.